The molecule has 0 heterocycles. The summed E-state index contributed by atoms with van der Waals surface area (Å²) >= 11 is 0. The Morgan fingerprint density at radius 2 is 1.78 bits per heavy atom. The predicted octanol–water partition coefficient (Wildman–Crippen LogP) is -5.58. The number of halogens is 2. The molecule has 5 rings (SSSR count). The van der Waals surface area contributed by atoms with Gasteiger partial charge in [0.2, 0.25) is 6.04 Å². The molecule has 0 spiro atoms. The number of ether oxygens (including phenoxy) is 1. The molecule has 4 nitrogen and oxygen atoms in total. The van der Waals surface area contributed by atoms with Gasteiger partial charge in [-0.2, -0.15) is 0 Å². The molecule has 27 heavy (non-hydrogen) atoms. The molecule has 1 aromatic carbocycles. The van der Waals surface area contributed by atoms with Gasteiger partial charge in [0.25, 0.3) is 0 Å². The summed E-state index contributed by atoms with van der Waals surface area (Å²) in [4.78, 5) is 14.6. The van der Waals surface area contributed by atoms with Crippen molar-refractivity contribution in [1.29, 1.82) is 0 Å². The van der Waals surface area contributed by atoms with E-state index in [-0.39, 0.29) is 42.9 Å². The van der Waals surface area contributed by atoms with Gasteiger partial charge in [-0.1, -0.05) is 30.3 Å². The van der Waals surface area contributed by atoms with Crippen LogP contribution in [0.5, 0.6) is 0 Å². The second-order valence-electron chi connectivity index (χ2n) is 8.16. The van der Waals surface area contributed by atoms with Crippen LogP contribution in [0.1, 0.15) is 38.3 Å². The number of hydrogen-bond donors (Lipinski definition) is 2. The van der Waals surface area contributed by atoms with E-state index in [0.717, 1.165) is 43.6 Å². The average Bonchev–Trinajstić information content (AvgIpc) is 2.97. The molecule has 0 amide bonds. The lowest BCUT2D eigenvalue weighted by molar-refractivity contribution is -0.910. The third-order valence-electron chi connectivity index (χ3n) is 6.96. The van der Waals surface area contributed by atoms with Gasteiger partial charge in [0.1, 0.15) is 19.2 Å². The van der Waals surface area contributed by atoms with Crippen molar-refractivity contribution in [2.45, 2.75) is 38.8 Å². The number of likely N-dealkylation sites (N-methyl/N-ethyl adjacent to an activating group) is 1. The molecule has 4 aliphatic rings. The van der Waals surface area contributed by atoms with Crippen molar-refractivity contribution in [2.24, 2.45) is 23.7 Å². The molecule has 3 N–H and O–H groups in total. The SMILES string of the molecule is CC[NH+](CC)CC[NH2+]C(C(=O)OC1C2CC3C(C2)C31)c1ccccc1.[Cl-].[Cl-]. The van der Waals surface area contributed by atoms with Crippen LogP contribution in [-0.2, 0) is 9.53 Å². The maximum absolute atomic E-state index is 13.0. The first-order valence-electron chi connectivity index (χ1n) is 10.1. The molecular formula is C21H32Cl2N2O2. The fourth-order valence-corrected chi connectivity index (χ4v) is 5.47. The van der Waals surface area contributed by atoms with E-state index in [2.05, 4.69) is 31.3 Å². The largest absolute Gasteiger partial charge is 1.00 e. The summed E-state index contributed by atoms with van der Waals surface area (Å²) in [7, 11) is 0. The minimum absolute atomic E-state index is 0. The van der Waals surface area contributed by atoms with Crippen molar-refractivity contribution in [1.82, 2.24) is 0 Å². The molecule has 4 saturated carbocycles. The van der Waals surface area contributed by atoms with E-state index in [1.54, 1.807) is 4.90 Å². The molecule has 0 saturated heterocycles. The molecule has 4 bridgehead atoms. The first-order chi connectivity index (χ1) is 12.2. The number of esters is 1. The van der Waals surface area contributed by atoms with Gasteiger partial charge >= 0.3 is 5.97 Å². The molecule has 0 aromatic heterocycles. The maximum Gasteiger partial charge on any atom is 0.370 e. The Bertz CT molecular complexity index is 597. The first-order valence-corrected chi connectivity index (χ1v) is 10.1. The van der Waals surface area contributed by atoms with Gasteiger partial charge in [0.05, 0.1) is 13.1 Å². The maximum atomic E-state index is 13.0. The summed E-state index contributed by atoms with van der Waals surface area (Å²) in [5, 5.41) is 2.19. The number of nitrogens with one attached hydrogen (secondary N) is 1. The summed E-state index contributed by atoms with van der Waals surface area (Å²) in [6, 6.07) is 9.94. The zero-order chi connectivity index (χ0) is 17.4. The van der Waals surface area contributed by atoms with E-state index in [9.17, 15) is 4.79 Å². The van der Waals surface area contributed by atoms with Crippen molar-refractivity contribution < 1.29 is 44.6 Å². The molecule has 4 unspecified atom stereocenters. The first kappa shape index (κ1) is 22.5. The fraction of sp³-hybridized carbons (Fsp3) is 0.667. The van der Waals surface area contributed by atoms with Crippen molar-refractivity contribution in [3.63, 3.8) is 0 Å². The van der Waals surface area contributed by atoms with Gasteiger partial charge in [0, 0.05) is 11.5 Å². The number of benzene rings is 1. The van der Waals surface area contributed by atoms with E-state index in [1.807, 2.05) is 18.2 Å². The van der Waals surface area contributed by atoms with Crippen LogP contribution < -0.4 is 35.0 Å². The minimum Gasteiger partial charge on any atom is -1.00 e. The van der Waals surface area contributed by atoms with Gasteiger partial charge in [-0.3, -0.25) is 0 Å². The highest BCUT2D eigenvalue weighted by Crippen LogP contribution is 2.71. The second-order valence-corrected chi connectivity index (χ2v) is 8.16. The van der Waals surface area contributed by atoms with Crippen LogP contribution in [0.25, 0.3) is 0 Å². The fourth-order valence-electron chi connectivity index (χ4n) is 5.47. The number of carbonyl (C=O) groups is 1. The number of rotatable bonds is 9. The van der Waals surface area contributed by atoms with Gasteiger partial charge in [-0.05, 0) is 44.4 Å². The minimum atomic E-state index is -0.217. The van der Waals surface area contributed by atoms with Gasteiger partial charge in [-0.15, -0.1) is 0 Å². The molecule has 6 heteroatoms. The molecule has 0 radical (unpaired) electrons. The normalized spacial score (nSPS) is 30.4. The lowest BCUT2D eigenvalue weighted by Gasteiger charge is -2.21. The van der Waals surface area contributed by atoms with Crippen molar-refractivity contribution >= 4 is 5.97 Å². The third kappa shape index (κ3) is 4.45. The Balaban J connectivity index is 0.00000131. The third-order valence-corrected chi connectivity index (χ3v) is 6.96. The highest BCUT2D eigenvalue weighted by molar-refractivity contribution is 5.76. The van der Waals surface area contributed by atoms with Gasteiger partial charge < -0.3 is 39.8 Å². The second kappa shape index (κ2) is 9.60. The molecule has 4 atom stereocenters. The molecular weight excluding hydrogens is 383 g/mol. The Hall–Kier alpha value is -0.810. The topological polar surface area (TPSA) is 47.4 Å². The van der Waals surface area contributed by atoms with E-state index >= 15 is 0 Å². The van der Waals surface area contributed by atoms with Crippen LogP contribution in [0, 0.1) is 23.7 Å². The van der Waals surface area contributed by atoms with Crippen molar-refractivity contribution in [3.8, 4) is 0 Å². The average molecular weight is 415 g/mol. The number of nitrogens with two attached hydrogens (primary N) is 1. The highest BCUT2D eigenvalue weighted by atomic mass is 35.5. The Kier molecular flexibility index (Phi) is 7.99. The summed E-state index contributed by atoms with van der Waals surface area (Å²) < 4.78 is 6.07. The lowest BCUT2D eigenvalue weighted by atomic mass is 10.1. The van der Waals surface area contributed by atoms with Gasteiger partial charge in [-0.25, -0.2) is 4.79 Å². The van der Waals surface area contributed by atoms with Crippen LogP contribution in [0.2, 0.25) is 0 Å². The highest BCUT2D eigenvalue weighted by Gasteiger charge is 2.70. The van der Waals surface area contributed by atoms with Crippen molar-refractivity contribution in [2.75, 3.05) is 26.2 Å². The smallest absolute Gasteiger partial charge is 0.370 e. The Morgan fingerprint density at radius 3 is 2.30 bits per heavy atom. The zero-order valence-electron chi connectivity index (χ0n) is 16.2. The standard InChI is InChI=1S/C21H30N2O2.2ClH/c1-3-23(4-2)11-10-22-19(14-8-6-5-7-9-14)21(24)25-20-15-12-16-17(13-15)18(16)20;;/h5-9,15-20,22H,3-4,10-13H2,1-2H3;2*1H. The van der Waals surface area contributed by atoms with Crippen LogP contribution in [0.4, 0.5) is 0 Å². The number of hydrogen-bond acceptors (Lipinski definition) is 2. The predicted molar refractivity (Wildman–Crippen MR) is 96.0 cm³/mol. The quantitative estimate of drug-likeness (QED) is 0.396. The van der Waals surface area contributed by atoms with E-state index in [1.165, 1.54) is 12.8 Å². The van der Waals surface area contributed by atoms with E-state index in [0.29, 0.717) is 11.8 Å². The van der Waals surface area contributed by atoms with Crippen LogP contribution in [-0.4, -0.2) is 38.3 Å². The molecule has 4 fully saturated rings. The van der Waals surface area contributed by atoms with Crippen molar-refractivity contribution in [3.05, 3.63) is 35.9 Å². The molecule has 4 aliphatic carbocycles. The summed E-state index contributed by atoms with van der Waals surface area (Å²) in [5.41, 5.74) is 1.07. The van der Waals surface area contributed by atoms with E-state index in [4.69, 9.17) is 4.74 Å². The van der Waals surface area contributed by atoms with Crippen LogP contribution in [0.3, 0.4) is 0 Å². The molecule has 0 aliphatic heterocycles. The number of carbonyl (C=O) groups excluding carboxylic acids is 1. The van der Waals surface area contributed by atoms with Crippen LogP contribution >= 0.6 is 0 Å². The summed E-state index contributed by atoms with van der Waals surface area (Å²) in [5.74, 6) is 3.09. The molecule has 1 aromatic rings. The Morgan fingerprint density at radius 1 is 1.15 bits per heavy atom. The van der Waals surface area contributed by atoms with E-state index < -0.39 is 0 Å². The molecule has 152 valence electrons. The van der Waals surface area contributed by atoms with Gasteiger partial charge in [0.15, 0.2) is 0 Å². The summed E-state index contributed by atoms with van der Waals surface area (Å²) in [6.45, 7) is 8.76. The number of quaternary nitrogens is 2. The lowest BCUT2D eigenvalue weighted by Crippen LogP contribution is -3.14. The van der Waals surface area contributed by atoms with Crippen LogP contribution in [0.15, 0.2) is 30.3 Å². The zero-order valence-corrected chi connectivity index (χ0v) is 17.8. The summed E-state index contributed by atoms with van der Waals surface area (Å²) in [6.07, 6.45) is 2.83. The Labute approximate surface area is 175 Å². The monoisotopic (exact) mass is 414 g/mol.